The average Bonchev–Trinajstić information content (AvgIpc) is 2.75. The van der Waals surface area contributed by atoms with Crippen molar-refractivity contribution in [1.82, 2.24) is 5.32 Å². The predicted molar refractivity (Wildman–Crippen MR) is 113 cm³/mol. The Kier molecular flexibility index (Phi) is 8.68. The molecule has 3 fully saturated rings. The Labute approximate surface area is 192 Å². The molecular formula is C19H39N5O9. The Morgan fingerprint density at radius 3 is 2.06 bits per heavy atom. The van der Waals surface area contributed by atoms with Crippen molar-refractivity contribution in [1.29, 1.82) is 0 Å². The molecule has 14 nitrogen and oxygen atoms in total. The second-order valence-corrected chi connectivity index (χ2v) is 9.42. The van der Waals surface area contributed by atoms with Crippen molar-refractivity contribution in [2.45, 2.75) is 98.4 Å². The minimum atomic E-state index is -1.36. The van der Waals surface area contributed by atoms with Gasteiger partial charge in [-0.15, -0.1) is 0 Å². The third-order valence-corrected chi connectivity index (χ3v) is 6.81. The molecule has 0 aromatic rings. The molecule has 0 spiro atoms. The molecule has 14 N–H and O–H groups in total. The minimum absolute atomic E-state index is 0.120. The fourth-order valence-electron chi connectivity index (χ4n) is 4.79. The van der Waals surface area contributed by atoms with Gasteiger partial charge in [0.25, 0.3) is 0 Å². The molecule has 14 atom stereocenters. The van der Waals surface area contributed by atoms with Crippen LogP contribution in [0.3, 0.4) is 0 Å². The van der Waals surface area contributed by atoms with Crippen molar-refractivity contribution in [3.63, 3.8) is 0 Å². The van der Waals surface area contributed by atoms with Gasteiger partial charge in [0.2, 0.25) is 0 Å². The standard InChI is InChI=1S/C19H39N5O9/c1-19(29)5-30-18(13(28)16(19)24-2)33-15-7(21)3-6(20)14(12(15)27)32-17-10(23)9(22)11(26)8(4-25)31-17/h6-18,24-29H,3-5,20-23H2,1-2H3/t6-,7+,8+,9-,10+,11+,12-,13+,14+,15?,16+,17+,18+,19-/m0/s1. The van der Waals surface area contributed by atoms with E-state index in [1.165, 1.54) is 6.92 Å². The maximum atomic E-state index is 11.0. The second kappa shape index (κ2) is 10.6. The smallest absolute Gasteiger partial charge is 0.185 e. The van der Waals surface area contributed by atoms with Crippen molar-refractivity contribution in [2.75, 3.05) is 20.3 Å². The molecule has 1 unspecified atom stereocenters. The summed E-state index contributed by atoms with van der Waals surface area (Å²) < 4.78 is 22.8. The molecule has 0 aromatic carbocycles. The average molecular weight is 482 g/mol. The Morgan fingerprint density at radius 2 is 1.52 bits per heavy atom. The van der Waals surface area contributed by atoms with Crippen LogP contribution in [0.25, 0.3) is 0 Å². The lowest BCUT2D eigenvalue weighted by atomic mass is 9.84. The zero-order valence-corrected chi connectivity index (χ0v) is 18.8. The number of rotatable bonds is 6. The molecule has 1 aliphatic carbocycles. The summed E-state index contributed by atoms with van der Waals surface area (Å²) in [5, 5.41) is 54.5. The van der Waals surface area contributed by atoms with Crippen LogP contribution < -0.4 is 28.3 Å². The molecule has 0 bridgehead atoms. The van der Waals surface area contributed by atoms with E-state index >= 15 is 0 Å². The van der Waals surface area contributed by atoms with Crippen LogP contribution in [0.2, 0.25) is 0 Å². The van der Waals surface area contributed by atoms with Gasteiger partial charge in [-0.05, 0) is 20.4 Å². The Bertz CT molecular complexity index is 647. The van der Waals surface area contributed by atoms with Crippen molar-refractivity contribution >= 4 is 0 Å². The number of hydrogen-bond donors (Lipinski definition) is 10. The van der Waals surface area contributed by atoms with Crippen molar-refractivity contribution in [2.24, 2.45) is 22.9 Å². The van der Waals surface area contributed by atoms with Gasteiger partial charge in [-0.3, -0.25) is 0 Å². The maximum absolute atomic E-state index is 11.0. The largest absolute Gasteiger partial charge is 0.394 e. The first-order valence-electron chi connectivity index (χ1n) is 11.1. The molecule has 194 valence electrons. The van der Waals surface area contributed by atoms with Crippen molar-refractivity contribution in [3.8, 4) is 0 Å². The summed E-state index contributed by atoms with van der Waals surface area (Å²) in [4.78, 5) is 0. The summed E-state index contributed by atoms with van der Waals surface area (Å²) in [5.41, 5.74) is 23.0. The molecule has 3 aliphatic rings. The van der Waals surface area contributed by atoms with Gasteiger partial charge in [0.15, 0.2) is 12.6 Å². The maximum Gasteiger partial charge on any atom is 0.185 e. The van der Waals surface area contributed by atoms with Crippen LogP contribution in [-0.2, 0) is 18.9 Å². The first kappa shape index (κ1) is 27.0. The van der Waals surface area contributed by atoms with Gasteiger partial charge < -0.3 is 72.7 Å². The summed E-state index contributed by atoms with van der Waals surface area (Å²) >= 11 is 0. The quantitative estimate of drug-likeness (QED) is 0.169. The van der Waals surface area contributed by atoms with E-state index in [2.05, 4.69) is 5.32 Å². The third-order valence-electron chi connectivity index (χ3n) is 6.81. The van der Waals surface area contributed by atoms with Gasteiger partial charge in [0.05, 0.1) is 37.4 Å². The second-order valence-electron chi connectivity index (χ2n) is 9.42. The number of aliphatic hydroxyl groups excluding tert-OH is 4. The predicted octanol–water partition coefficient (Wildman–Crippen LogP) is -6.04. The number of nitrogens with one attached hydrogen (secondary N) is 1. The molecular weight excluding hydrogens is 442 g/mol. The molecule has 14 heteroatoms. The van der Waals surface area contributed by atoms with E-state index in [0.717, 1.165) is 0 Å². The summed E-state index contributed by atoms with van der Waals surface area (Å²) in [5.74, 6) is 0. The lowest BCUT2D eigenvalue weighted by Gasteiger charge is -2.49. The molecule has 2 aliphatic heterocycles. The van der Waals surface area contributed by atoms with Crippen molar-refractivity contribution < 1.29 is 44.5 Å². The van der Waals surface area contributed by atoms with E-state index in [1.54, 1.807) is 7.05 Å². The van der Waals surface area contributed by atoms with Crippen LogP contribution in [0.5, 0.6) is 0 Å². The van der Waals surface area contributed by atoms with Gasteiger partial charge in [-0.25, -0.2) is 0 Å². The zero-order chi connectivity index (χ0) is 24.7. The number of likely N-dealkylation sites (N-methyl/N-ethyl adjacent to an activating group) is 1. The van der Waals surface area contributed by atoms with Gasteiger partial charge in [-0.2, -0.15) is 0 Å². The molecule has 0 aromatic heterocycles. The van der Waals surface area contributed by atoms with Crippen molar-refractivity contribution in [3.05, 3.63) is 0 Å². The summed E-state index contributed by atoms with van der Waals surface area (Å²) in [6.07, 6.45) is -9.06. The van der Waals surface area contributed by atoms with Crippen LogP contribution in [-0.4, -0.2) is 131 Å². The Balaban J connectivity index is 1.71. The van der Waals surface area contributed by atoms with Crippen LogP contribution in [0.15, 0.2) is 0 Å². The highest BCUT2D eigenvalue weighted by Crippen LogP contribution is 2.31. The summed E-state index contributed by atoms with van der Waals surface area (Å²) in [6.45, 7) is 0.891. The monoisotopic (exact) mass is 481 g/mol. The van der Waals surface area contributed by atoms with E-state index in [0.29, 0.717) is 0 Å². The zero-order valence-electron chi connectivity index (χ0n) is 18.8. The molecule has 1 saturated carbocycles. The Hall–Kier alpha value is -0.560. The Morgan fingerprint density at radius 1 is 0.939 bits per heavy atom. The normalized spacial score (nSPS) is 53.7. The number of nitrogens with two attached hydrogens (primary N) is 4. The van der Waals surface area contributed by atoms with E-state index in [9.17, 15) is 25.5 Å². The highest BCUT2D eigenvalue weighted by atomic mass is 16.7. The third kappa shape index (κ3) is 5.34. The fourth-order valence-corrected chi connectivity index (χ4v) is 4.79. The topological polar surface area (TPSA) is 254 Å². The lowest BCUT2D eigenvalue weighted by molar-refractivity contribution is -0.311. The van der Waals surface area contributed by atoms with Gasteiger partial charge in [0, 0.05) is 12.1 Å². The fraction of sp³-hybridized carbons (Fsp3) is 1.00. The molecule has 0 radical (unpaired) electrons. The van der Waals surface area contributed by atoms with Gasteiger partial charge in [-0.1, -0.05) is 0 Å². The number of aliphatic hydroxyl groups is 5. The van der Waals surface area contributed by atoms with Gasteiger partial charge >= 0.3 is 0 Å². The number of hydrogen-bond acceptors (Lipinski definition) is 14. The summed E-state index contributed by atoms with van der Waals surface area (Å²) in [6, 6.07) is -4.08. The highest BCUT2D eigenvalue weighted by molar-refractivity contribution is 5.02. The SMILES string of the molecule is CN[C@@H]1[C@@H](O)[C@@H](OC2[C@H](N)C[C@H](N)[C@@H](O[C@H]3O[C@H](CO)[C@@H](O)[C@@H](N)[C@H]3N)[C@@H]2O)OC[C@]1(C)O. The first-order valence-corrected chi connectivity index (χ1v) is 11.1. The minimum Gasteiger partial charge on any atom is -0.394 e. The highest BCUT2D eigenvalue weighted by Gasteiger charge is 2.51. The van der Waals surface area contributed by atoms with Crippen LogP contribution in [0, 0.1) is 0 Å². The van der Waals surface area contributed by atoms with E-state index < -0.39 is 91.6 Å². The molecule has 2 saturated heterocycles. The molecule has 0 amide bonds. The van der Waals surface area contributed by atoms with E-state index in [4.69, 9.17) is 41.9 Å². The first-order chi connectivity index (χ1) is 15.4. The molecule has 3 rings (SSSR count). The van der Waals surface area contributed by atoms with Gasteiger partial charge in [0.1, 0.15) is 36.1 Å². The van der Waals surface area contributed by atoms with E-state index in [-0.39, 0.29) is 13.0 Å². The number of ether oxygens (including phenoxy) is 4. The molecule has 2 heterocycles. The van der Waals surface area contributed by atoms with Crippen LogP contribution >= 0.6 is 0 Å². The summed E-state index contributed by atoms with van der Waals surface area (Å²) in [7, 11) is 1.59. The van der Waals surface area contributed by atoms with Crippen LogP contribution in [0.1, 0.15) is 13.3 Å². The molecule has 33 heavy (non-hydrogen) atoms. The lowest BCUT2D eigenvalue weighted by Crippen LogP contribution is -2.70. The van der Waals surface area contributed by atoms with E-state index in [1.807, 2.05) is 0 Å². The van der Waals surface area contributed by atoms with Crippen LogP contribution in [0.4, 0.5) is 0 Å².